The Kier molecular flexibility index (Phi) is 11.0. The van der Waals surface area contributed by atoms with Crippen LogP contribution in [0, 0.1) is 0 Å². The standard InChI is InChI=1S/C14H24N4O8S/c1-6(14(25)26)16-13(24)9(4-19)18-12(23)8(2-3-10(20)21)17-11(22)7(15)5-27/h6-9,19,27H,2-5,15H2,1H3,(H,16,24)(H,17,22)(H,18,23)(H,20,21)(H,25,26). The second kappa shape index (κ2) is 12.1. The number of nitrogens with two attached hydrogens (primary N) is 1. The van der Waals surface area contributed by atoms with E-state index < -0.39 is 66.9 Å². The fourth-order valence-corrected chi connectivity index (χ4v) is 1.91. The van der Waals surface area contributed by atoms with E-state index >= 15 is 0 Å². The molecule has 0 heterocycles. The Labute approximate surface area is 160 Å². The first kappa shape index (κ1) is 24.6. The van der Waals surface area contributed by atoms with Crippen molar-refractivity contribution in [3.8, 4) is 0 Å². The summed E-state index contributed by atoms with van der Waals surface area (Å²) in [6.07, 6.45) is -0.752. The van der Waals surface area contributed by atoms with Crippen molar-refractivity contribution in [1.82, 2.24) is 16.0 Å². The number of carbonyl (C=O) groups excluding carboxylic acids is 3. The van der Waals surface area contributed by atoms with Gasteiger partial charge in [-0.1, -0.05) is 0 Å². The molecule has 0 aromatic carbocycles. The Balaban J connectivity index is 5.10. The van der Waals surface area contributed by atoms with E-state index in [0.717, 1.165) is 0 Å². The molecule has 0 bridgehead atoms. The van der Waals surface area contributed by atoms with Crippen molar-refractivity contribution in [2.45, 2.75) is 43.9 Å². The molecule has 0 fully saturated rings. The Morgan fingerprint density at radius 1 is 0.963 bits per heavy atom. The Morgan fingerprint density at radius 3 is 1.93 bits per heavy atom. The molecular weight excluding hydrogens is 384 g/mol. The van der Waals surface area contributed by atoms with E-state index in [-0.39, 0.29) is 12.2 Å². The van der Waals surface area contributed by atoms with Crippen LogP contribution in [-0.4, -0.2) is 81.5 Å². The molecule has 0 aliphatic rings. The number of thiol groups is 1. The van der Waals surface area contributed by atoms with Gasteiger partial charge >= 0.3 is 11.9 Å². The number of carbonyl (C=O) groups is 5. The quantitative estimate of drug-likeness (QED) is 0.152. The van der Waals surface area contributed by atoms with Crippen LogP contribution < -0.4 is 21.7 Å². The van der Waals surface area contributed by atoms with Crippen molar-refractivity contribution in [1.29, 1.82) is 0 Å². The second-order valence-corrected chi connectivity index (χ2v) is 5.96. The van der Waals surface area contributed by atoms with Gasteiger partial charge in [0.2, 0.25) is 17.7 Å². The molecule has 12 nitrogen and oxygen atoms in total. The number of aliphatic carboxylic acids is 2. The van der Waals surface area contributed by atoms with E-state index in [9.17, 15) is 29.1 Å². The van der Waals surface area contributed by atoms with Gasteiger partial charge in [0.05, 0.1) is 12.6 Å². The first-order chi connectivity index (χ1) is 12.5. The lowest BCUT2D eigenvalue weighted by Crippen LogP contribution is -2.58. The normalized spacial score (nSPS) is 15.0. The SMILES string of the molecule is CC(NC(=O)C(CO)NC(=O)C(CCC(=O)O)NC(=O)C(N)CS)C(=O)O. The zero-order chi connectivity index (χ0) is 21.1. The van der Waals surface area contributed by atoms with E-state index in [4.69, 9.17) is 15.9 Å². The van der Waals surface area contributed by atoms with Gasteiger partial charge in [-0.05, 0) is 13.3 Å². The van der Waals surface area contributed by atoms with Crippen LogP contribution in [0.1, 0.15) is 19.8 Å². The van der Waals surface area contributed by atoms with Gasteiger partial charge in [-0.2, -0.15) is 12.6 Å². The minimum atomic E-state index is -1.50. The fourth-order valence-electron chi connectivity index (χ4n) is 1.74. The monoisotopic (exact) mass is 408 g/mol. The molecule has 4 atom stereocenters. The van der Waals surface area contributed by atoms with Crippen molar-refractivity contribution in [2.75, 3.05) is 12.4 Å². The molecule has 0 radical (unpaired) electrons. The lowest BCUT2D eigenvalue weighted by atomic mass is 10.1. The zero-order valence-electron chi connectivity index (χ0n) is 14.5. The van der Waals surface area contributed by atoms with Gasteiger partial charge in [0.1, 0.15) is 18.1 Å². The Bertz CT molecular complexity index is 573. The summed E-state index contributed by atoms with van der Waals surface area (Å²) in [5, 5.41) is 33.3. The van der Waals surface area contributed by atoms with Gasteiger partial charge in [0.15, 0.2) is 0 Å². The predicted molar refractivity (Wildman–Crippen MR) is 94.9 cm³/mol. The molecule has 0 aliphatic heterocycles. The number of carboxylic acid groups (broad SMARTS) is 2. The molecule has 3 amide bonds. The van der Waals surface area contributed by atoms with Crippen LogP contribution in [0.25, 0.3) is 0 Å². The summed E-state index contributed by atoms with van der Waals surface area (Å²) >= 11 is 3.85. The lowest BCUT2D eigenvalue weighted by molar-refractivity contribution is -0.142. The number of hydrogen-bond acceptors (Lipinski definition) is 8. The second-order valence-electron chi connectivity index (χ2n) is 5.59. The number of rotatable bonds is 12. The third kappa shape index (κ3) is 9.21. The average Bonchev–Trinajstić information content (AvgIpc) is 2.61. The summed E-state index contributed by atoms with van der Waals surface area (Å²) in [6.45, 7) is 0.338. The Hall–Kier alpha value is -2.38. The largest absolute Gasteiger partial charge is 0.481 e. The molecule has 0 aromatic rings. The summed E-state index contributed by atoms with van der Waals surface area (Å²) in [6, 6.07) is -5.14. The number of carboxylic acids is 2. The van der Waals surface area contributed by atoms with Gasteiger partial charge in [0.25, 0.3) is 0 Å². The topological polar surface area (TPSA) is 208 Å². The molecule has 0 aliphatic carbocycles. The van der Waals surface area contributed by atoms with Crippen LogP contribution in [0.3, 0.4) is 0 Å². The van der Waals surface area contributed by atoms with E-state index in [2.05, 4.69) is 28.6 Å². The maximum Gasteiger partial charge on any atom is 0.325 e. The summed E-state index contributed by atoms with van der Waals surface area (Å²) in [7, 11) is 0. The average molecular weight is 408 g/mol. The van der Waals surface area contributed by atoms with E-state index in [1.165, 1.54) is 6.92 Å². The van der Waals surface area contributed by atoms with Crippen molar-refractivity contribution < 1.29 is 39.3 Å². The summed E-state index contributed by atoms with van der Waals surface area (Å²) in [5.74, 6) is -5.20. The van der Waals surface area contributed by atoms with Crippen LogP contribution in [0.15, 0.2) is 0 Å². The van der Waals surface area contributed by atoms with E-state index in [1.54, 1.807) is 0 Å². The minimum absolute atomic E-state index is 0.0200. The summed E-state index contributed by atoms with van der Waals surface area (Å²) < 4.78 is 0. The van der Waals surface area contributed by atoms with Crippen molar-refractivity contribution in [2.24, 2.45) is 5.73 Å². The van der Waals surface area contributed by atoms with Crippen LogP contribution in [-0.2, 0) is 24.0 Å². The molecular formula is C14H24N4O8S. The third-order valence-corrected chi connectivity index (χ3v) is 3.75. The minimum Gasteiger partial charge on any atom is -0.481 e. The van der Waals surface area contributed by atoms with Crippen LogP contribution in [0.2, 0.25) is 0 Å². The first-order valence-electron chi connectivity index (χ1n) is 7.86. The van der Waals surface area contributed by atoms with Crippen molar-refractivity contribution >= 4 is 42.3 Å². The first-order valence-corrected chi connectivity index (χ1v) is 8.49. The highest BCUT2D eigenvalue weighted by atomic mass is 32.1. The summed E-state index contributed by atoms with van der Waals surface area (Å²) in [4.78, 5) is 57.6. The maximum absolute atomic E-state index is 12.3. The highest BCUT2D eigenvalue weighted by Crippen LogP contribution is 2.01. The molecule has 0 saturated heterocycles. The molecule has 13 heteroatoms. The number of nitrogens with one attached hydrogen (secondary N) is 3. The van der Waals surface area contributed by atoms with Crippen LogP contribution in [0.4, 0.5) is 0 Å². The lowest BCUT2D eigenvalue weighted by Gasteiger charge is -2.23. The highest BCUT2D eigenvalue weighted by Gasteiger charge is 2.29. The number of aliphatic hydroxyl groups is 1. The van der Waals surface area contributed by atoms with Gasteiger partial charge in [0, 0.05) is 12.2 Å². The fraction of sp³-hybridized carbons (Fsp3) is 0.643. The van der Waals surface area contributed by atoms with Crippen molar-refractivity contribution in [3.05, 3.63) is 0 Å². The number of aliphatic hydroxyl groups excluding tert-OH is 1. The van der Waals surface area contributed by atoms with Crippen LogP contribution in [0.5, 0.6) is 0 Å². The molecule has 4 unspecified atom stereocenters. The van der Waals surface area contributed by atoms with Crippen LogP contribution >= 0.6 is 12.6 Å². The summed E-state index contributed by atoms with van der Waals surface area (Å²) in [5.41, 5.74) is 5.48. The van der Waals surface area contributed by atoms with Crippen molar-refractivity contribution in [3.63, 3.8) is 0 Å². The third-order valence-electron chi connectivity index (χ3n) is 3.36. The molecule has 0 spiro atoms. The highest BCUT2D eigenvalue weighted by molar-refractivity contribution is 7.80. The maximum atomic E-state index is 12.3. The van der Waals surface area contributed by atoms with E-state index in [1.807, 2.05) is 0 Å². The molecule has 8 N–H and O–H groups in total. The van der Waals surface area contributed by atoms with Gasteiger partial charge < -0.3 is 37.0 Å². The molecule has 0 aromatic heterocycles. The van der Waals surface area contributed by atoms with E-state index in [0.29, 0.717) is 0 Å². The molecule has 0 rings (SSSR count). The number of amides is 3. The predicted octanol–water partition coefficient (Wildman–Crippen LogP) is -3.34. The van der Waals surface area contributed by atoms with Gasteiger partial charge in [-0.3, -0.25) is 24.0 Å². The molecule has 0 saturated carbocycles. The Morgan fingerprint density at radius 2 is 1.48 bits per heavy atom. The zero-order valence-corrected chi connectivity index (χ0v) is 15.4. The van der Waals surface area contributed by atoms with Gasteiger partial charge in [-0.25, -0.2) is 0 Å². The smallest absolute Gasteiger partial charge is 0.325 e. The number of hydrogen-bond donors (Lipinski definition) is 8. The molecule has 154 valence electrons. The molecule has 27 heavy (non-hydrogen) atoms. The van der Waals surface area contributed by atoms with Gasteiger partial charge in [-0.15, -0.1) is 0 Å².